The summed E-state index contributed by atoms with van der Waals surface area (Å²) in [5.74, 6) is -0.150. The lowest BCUT2D eigenvalue weighted by Gasteiger charge is -2.28. The van der Waals surface area contributed by atoms with Crippen molar-refractivity contribution >= 4 is 16.0 Å². The van der Waals surface area contributed by atoms with Crippen LogP contribution >= 0.6 is 0 Å². The van der Waals surface area contributed by atoms with E-state index in [0.717, 1.165) is 0 Å². The number of allylic oxidation sites excluding steroid dienone is 5. The topological polar surface area (TPSA) is 72.5 Å². The first-order valence-corrected chi connectivity index (χ1v) is 9.22. The third kappa shape index (κ3) is 5.18. The van der Waals surface area contributed by atoms with Gasteiger partial charge in [-0.1, -0.05) is 24.8 Å². The lowest BCUT2D eigenvalue weighted by Crippen LogP contribution is -2.39. The van der Waals surface area contributed by atoms with Crippen molar-refractivity contribution in [2.45, 2.75) is 51.2 Å². The number of carbonyl (C=O) groups excluding carboxylic acids is 1. The first-order valence-electron chi connectivity index (χ1n) is 7.81. The van der Waals surface area contributed by atoms with E-state index in [4.69, 9.17) is 4.18 Å². The fourth-order valence-corrected chi connectivity index (χ4v) is 3.74. The quantitative estimate of drug-likeness (QED) is 0.618. The summed E-state index contributed by atoms with van der Waals surface area (Å²) in [7, 11) is -3.74. The average Bonchev–Trinajstić information content (AvgIpc) is 2.78. The Labute approximate surface area is 137 Å². The molecule has 0 aromatic rings. The molecule has 6 heteroatoms. The molecule has 0 heterocycles. The molecule has 126 valence electrons. The molecule has 1 fully saturated rings. The molecule has 0 radical (unpaired) electrons. The third-order valence-electron chi connectivity index (χ3n) is 3.90. The number of hydrogen-bond acceptors (Lipinski definition) is 4. The second-order valence-corrected chi connectivity index (χ2v) is 7.49. The van der Waals surface area contributed by atoms with Crippen molar-refractivity contribution in [3.8, 4) is 0 Å². The van der Waals surface area contributed by atoms with Crippen LogP contribution < -0.4 is 5.32 Å². The molecule has 0 aliphatic heterocycles. The number of rotatable bonds is 5. The molecule has 2 rings (SSSR count). The van der Waals surface area contributed by atoms with Crippen molar-refractivity contribution in [2.24, 2.45) is 0 Å². The predicted octanol–water partition coefficient (Wildman–Crippen LogP) is 2.74. The smallest absolute Gasteiger partial charge is 0.297 e. The molecule has 0 unspecified atom stereocenters. The van der Waals surface area contributed by atoms with E-state index in [1.165, 1.54) is 0 Å². The maximum Gasteiger partial charge on any atom is 0.297 e. The lowest BCUT2D eigenvalue weighted by molar-refractivity contribution is -0.118. The molecule has 0 spiro atoms. The highest BCUT2D eigenvalue weighted by molar-refractivity contribution is 7.91. The lowest BCUT2D eigenvalue weighted by atomic mass is 9.93. The van der Waals surface area contributed by atoms with Gasteiger partial charge in [-0.2, -0.15) is 8.42 Å². The maximum atomic E-state index is 12.3. The molecular weight excluding hydrogens is 314 g/mol. The number of nitrogens with one attached hydrogen (secondary N) is 1. The van der Waals surface area contributed by atoms with Crippen molar-refractivity contribution in [1.29, 1.82) is 0 Å². The molecule has 23 heavy (non-hydrogen) atoms. The zero-order chi connectivity index (χ0) is 16.9. The summed E-state index contributed by atoms with van der Waals surface area (Å²) >= 11 is 0. The number of hydrogen-bond donors (Lipinski definition) is 1. The summed E-state index contributed by atoms with van der Waals surface area (Å²) < 4.78 is 30.0. The Morgan fingerprint density at radius 2 is 1.96 bits per heavy atom. The molecule has 0 aromatic carbocycles. The normalized spacial score (nSPS) is 24.7. The van der Waals surface area contributed by atoms with Crippen LogP contribution in [0.2, 0.25) is 0 Å². The first-order chi connectivity index (χ1) is 10.9. The molecule has 2 aliphatic carbocycles. The van der Waals surface area contributed by atoms with E-state index < -0.39 is 10.1 Å². The van der Waals surface area contributed by atoms with Gasteiger partial charge in [-0.3, -0.25) is 8.98 Å². The van der Waals surface area contributed by atoms with E-state index in [1.807, 2.05) is 6.08 Å². The van der Waals surface area contributed by atoms with Crippen LogP contribution in [0.3, 0.4) is 0 Å². The van der Waals surface area contributed by atoms with Crippen LogP contribution in [-0.2, 0) is 19.1 Å². The summed E-state index contributed by atoms with van der Waals surface area (Å²) in [5, 5.41) is 2.90. The van der Waals surface area contributed by atoms with Crippen LogP contribution in [-0.4, -0.2) is 26.5 Å². The van der Waals surface area contributed by atoms with Crippen LogP contribution in [0.15, 0.2) is 47.4 Å². The van der Waals surface area contributed by atoms with E-state index in [-0.39, 0.29) is 23.0 Å². The first kappa shape index (κ1) is 17.7. The zero-order valence-electron chi connectivity index (χ0n) is 13.3. The predicted molar refractivity (Wildman–Crippen MR) is 90.0 cm³/mol. The van der Waals surface area contributed by atoms with Crippen LogP contribution in [0, 0.1) is 0 Å². The van der Waals surface area contributed by atoms with Crippen molar-refractivity contribution in [2.75, 3.05) is 0 Å². The molecule has 1 saturated carbocycles. The van der Waals surface area contributed by atoms with Gasteiger partial charge in [-0.25, -0.2) is 0 Å². The average molecular weight is 337 g/mol. The second-order valence-electron chi connectivity index (χ2n) is 5.91. The second kappa shape index (κ2) is 7.75. The van der Waals surface area contributed by atoms with Crippen molar-refractivity contribution in [1.82, 2.24) is 5.32 Å². The fraction of sp³-hybridized carbons (Fsp3) is 0.471. The highest BCUT2D eigenvalue weighted by atomic mass is 32.2. The fourth-order valence-electron chi connectivity index (χ4n) is 2.57. The summed E-state index contributed by atoms with van der Waals surface area (Å²) in [5.41, 5.74) is 0.478. The van der Waals surface area contributed by atoms with Crippen LogP contribution in [0.5, 0.6) is 0 Å². The van der Waals surface area contributed by atoms with Gasteiger partial charge >= 0.3 is 0 Å². The summed E-state index contributed by atoms with van der Waals surface area (Å²) in [6.07, 6.45) is 11.5. The Bertz CT molecular complexity index is 650. The van der Waals surface area contributed by atoms with E-state index in [1.54, 1.807) is 31.2 Å². The molecule has 5 nitrogen and oxygen atoms in total. The highest BCUT2D eigenvalue weighted by Crippen LogP contribution is 2.25. The van der Waals surface area contributed by atoms with Crippen LogP contribution in [0.1, 0.15) is 39.0 Å². The Morgan fingerprint density at radius 1 is 1.26 bits per heavy atom. The number of carbonyl (C=O) groups is 1. The summed E-state index contributed by atoms with van der Waals surface area (Å²) in [4.78, 5) is 11.8. The Hall–Kier alpha value is -1.66. The van der Waals surface area contributed by atoms with Gasteiger partial charge in [0.15, 0.2) is 0 Å². The molecule has 0 aromatic heterocycles. The minimum Gasteiger partial charge on any atom is -0.350 e. The van der Waals surface area contributed by atoms with Crippen molar-refractivity contribution in [3.63, 3.8) is 0 Å². The Kier molecular flexibility index (Phi) is 5.96. The van der Waals surface area contributed by atoms with Gasteiger partial charge < -0.3 is 5.32 Å². The van der Waals surface area contributed by atoms with Gasteiger partial charge in [0, 0.05) is 11.6 Å². The zero-order valence-corrected chi connectivity index (χ0v) is 14.1. The molecule has 1 amide bonds. The van der Waals surface area contributed by atoms with E-state index in [9.17, 15) is 13.2 Å². The summed E-state index contributed by atoms with van der Waals surface area (Å²) in [6.45, 7) is 5.27. The molecule has 0 atom stereocenters. The Morgan fingerprint density at radius 3 is 2.61 bits per heavy atom. The van der Waals surface area contributed by atoms with Gasteiger partial charge in [0.1, 0.15) is 0 Å². The molecular formula is C17H23NO4S. The van der Waals surface area contributed by atoms with Crippen LogP contribution in [0.4, 0.5) is 0 Å². The number of amides is 1. The molecule has 2 aliphatic rings. The molecule has 0 bridgehead atoms. The van der Waals surface area contributed by atoms with Crippen molar-refractivity contribution in [3.05, 3.63) is 47.4 Å². The van der Waals surface area contributed by atoms with Crippen LogP contribution in [0.25, 0.3) is 0 Å². The minimum absolute atomic E-state index is 0.0571. The monoisotopic (exact) mass is 337 g/mol. The van der Waals surface area contributed by atoms with Gasteiger partial charge in [-0.05, 0) is 51.2 Å². The molecule has 1 N–H and O–H groups in total. The van der Waals surface area contributed by atoms with Gasteiger partial charge in [0.2, 0.25) is 5.91 Å². The van der Waals surface area contributed by atoms with E-state index >= 15 is 0 Å². The van der Waals surface area contributed by atoms with E-state index in [0.29, 0.717) is 37.7 Å². The van der Waals surface area contributed by atoms with Gasteiger partial charge in [0.25, 0.3) is 10.1 Å². The molecule has 0 saturated heterocycles. The maximum absolute atomic E-state index is 12.3. The van der Waals surface area contributed by atoms with Gasteiger partial charge in [0.05, 0.1) is 11.0 Å². The third-order valence-corrected chi connectivity index (χ3v) is 5.27. The largest absolute Gasteiger partial charge is 0.350 e. The minimum atomic E-state index is -3.74. The van der Waals surface area contributed by atoms with Gasteiger partial charge in [-0.15, -0.1) is 0 Å². The SMILES string of the molecule is C=C(C)C(=O)NC1CCC(OS(=O)(=O)C2=CC=CCC=C2)CC1. The summed E-state index contributed by atoms with van der Waals surface area (Å²) in [6, 6.07) is 0.0571. The van der Waals surface area contributed by atoms with Crippen molar-refractivity contribution < 1.29 is 17.4 Å². The Balaban J connectivity index is 1.88. The highest BCUT2D eigenvalue weighted by Gasteiger charge is 2.28. The standard InChI is InChI=1S/C17H23NO4S/c1-13(2)17(19)18-14-9-11-15(12-10-14)22-23(20,21)16-7-5-3-4-6-8-16/h3,5-8,14-15H,1,4,9-12H2,2H3,(H,18,19). The van der Waals surface area contributed by atoms with E-state index in [2.05, 4.69) is 11.9 Å².